The average molecular weight is 270 g/mol. The van der Waals surface area contributed by atoms with Gasteiger partial charge in [-0.2, -0.15) is 4.37 Å². The van der Waals surface area contributed by atoms with Crippen LogP contribution in [0.1, 0.15) is 46.4 Å². The lowest BCUT2D eigenvalue weighted by atomic mass is 9.96. The van der Waals surface area contributed by atoms with Gasteiger partial charge in [-0.05, 0) is 6.42 Å². The van der Waals surface area contributed by atoms with E-state index in [2.05, 4.69) is 40.8 Å². The van der Waals surface area contributed by atoms with E-state index in [9.17, 15) is 4.79 Å². The smallest absolute Gasteiger partial charge is 0.221 e. The van der Waals surface area contributed by atoms with Crippen molar-refractivity contribution < 1.29 is 4.79 Å². The summed E-state index contributed by atoms with van der Waals surface area (Å²) in [6.45, 7) is 9.61. The molecule has 5 nitrogen and oxygen atoms in total. The van der Waals surface area contributed by atoms with E-state index < -0.39 is 0 Å². The third-order valence-corrected chi connectivity index (χ3v) is 2.97. The SMILES string of the molecule is CCCNC(=O)CCNc1nc(C(C)(C)C)ns1. The van der Waals surface area contributed by atoms with Gasteiger partial charge in [-0.25, -0.2) is 4.98 Å². The second-order valence-corrected chi connectivity index (χ2v) is 5.95. The van der Waals surface area contributed by atoms with Gasteiger partial charge in [-0.15, -0.1) is 0 Å². The largest absolute Gasteiger partial charge is 0.360 e. The summed E-state index contributed by atoms with van der Waals surface area (Å²) in [5, 5.41) is 6.75. The molecule has 0 radical (unpaired) electrons. The van der Waals surface area contributed by atoms with Crippen molar-refractivity contribution in [2.24, 2.45) is 0 Å². The van der Waals surface area contributed by atoms with Gasteiger partial charge >= 0.3 is 0 Å². The molecule has 0 atom stereocenters. The second-order valence-electron chi connectivity index (χ2n) is 5.20. The highest BCUT2D eigenvalue weighted by Gasteiger charge is 2.19. The van der Waals surface area contributed by atoms with Crippen LogP contribution in [0.4, 0.5) is 5.13 Å². The van der Waals surface area contributed by atoms with Crippen molar-refractivity contribution >= 4 is 22.6 Å². The molecule has 0 aliphatic carbocycles. The molecule has 2 N–H and O–H groups in total. The summed E-state index contributed by atoms with van der Waals surface area (Å²) in [4.78, 5) is 15.8. The van der Waals surface area contributed by atoms with Crippen molar-refractivity contribution in [3.05, 3.63) is 5.82 Å². The third kappa shape index (κ3) is 5.00. The molecule has 0 saturated carbocycles. The molecular formula is C12H22N4OS. The molecule has 0 fully saturated rings. The van der Waals surface area contributed by atoms with Gasteiger partial charge < -0.3 is 10.6 Å². The summed E-state index contributed by atoms with van der Waals surface area (Å²) in [5.41, 5.74) is -0.0328. The Bertz CT molecular complexity index is 384. The Balaban J connectivity index is 2.32. The minimum atomic E-state index is -0.0328. The van der Waals surface area contributed by atoms with E-state index >= 15 is 0 Å². The van der Waals surface area contributed by atoms with Gasteiger partial charge in [0.05, 0.1) is 0 Å². The molecule has 6 heteroatoms. The number of aromatic nitrogens is 2. The summed E-state index contributed by atoms with van der Waals surface area (Å²) in [6, 6.07) is 0. The fourth-order valence-electron chi connectivity index (χ4n) is 1.24. The predicted octanol–water partition coefficient (Wildman–Crippen LogP) is 2.16. The number of carbonyl (C=O) groups is 1. The van der Waals surface area contributed by atoms with E-state index in [0.29, 0.717) is 13.0 Å². The van der Waals surface area contributed by atoms with Gasteiger partial charge in [0.25, 0.3) is 0 Å². The summed E-state index contributed by atoms with van der Waals surface area (Å²) in [5.74, 6) is 0.912. The number of carbonyl (C=O) groups excluding carboxylic acids is 1. The van der Waals surface area contributed by atoms with Crippen LogP contribution in [0.25, 0.3) is 0 Å². The standard InChI is InChI=1S/C12H22N4OS/c1-5-7-13-9(17)6-8-14-11-15-10(16-18-11)12(2,3)4/h5-8H2,1-4H3,(H,13,17)(H,14,15,16). The van der Waals surface area contributed by atoms with Crippen LogP contribution in [0.3, 0.4) is 0 Å². The van der Waals surface area contributed by atoms with E-state index in [1.54, 1.807) is 0 Å². The highest BCUT2D eigenvalue weighted by atomic mass is 32.1. The number of anilines is 1. The molecule has 0 unspecified atom stereocenters. The fraction of sp³-hybridized carbons (Fsp3) is 0.750. The van der Waals surface area contributed by atoms with Crippen LogP contribution in [0, 0.1) is 0 Å². The number of nitrogens with one attached hydrogen (secondary N) is 2. The molecule has 18 heavy (non-hydrogen) atoms. The minimum absolute atomic E-state index is 0.0328. The van der Waals surface area contributed by atoms with Crippen LogP contribution < -0.4 is 10.6 Å². The predicted molar refractivity (Wildman–Crippen MR) is 75.0 cm³/mol. The summed E-state index contributed by atoms with van der Waals surface area (Å²) < 4.78 is 4.30. The molecule has 0 aromatic carbocycles. The monoisotopic (exact) mass is 270 g/mol. The normalized spacial score (nSPS) is 11.3. The maximum atomic E-state index is 11.4. The van der Waals surface area contributed by atoms with Crippen LogP contribution in [-0.4, -0.2) is 28.4 Å². The summed E-state index contributed by atoms with van der Waals surface area (Å²) >= 11 is 1.34. The molecule has 0 aliphatic rings. The van der Waals surface area contributed by atoms with Crippen molar-refractivity contribution in [2.45, 2.75) is 46.0 Å². The summed E-state index contributed by atoms with van der Waals surface area (Å²) in [7, 11) is 0. The van der Waals surface area contributed by atoms with Gasteiger partial charge in [0.2, 0.25) is 11.0 Å². The number of rotatable bonds is 6. The lowest BCUT2D eigenvalue weighted by molar-refractivity contribution is -0.120. The molecule has 1 amide bonds. The van der Waals surface area contributed by atoms with Gasteiger partial charge in [0, 0.05) is 36.5 Å². The number of hydrogen-bond acceptors (Lipinski definition) is 5. The zero-order chi connectivity index (χ0) is 13.6. The van der Waals surface area contributed by atoms with Gasteiger partial charge in [0.15, 0.2) is 0 Å². The van der Waals surface area contributed by atoms with Gasteiger partial charge in [-0.3, -0.25) is 4.79 Å². The van der Waals surface area contributed by atoms with Crippen LogP contribution in [0.2, 0.25) is 0 Å². The first kappa shape index (κ1) is 14.9. The zero-order valence-corrected chi connectivity index (χ0v) is 12.4. The first-order chi connectivity index (χ1) is 8.43. The third-order valence-electron chi connectivity index (χ3n) is 2.30. The zero-order valence-electron chi connectivity index (χ0n) is 11.5. The Morgan fingerprint density at radius 1 is 1.33 bits per heavy atom. The van der Waals surface area contributed by atoms with Crippen LogP contribution in [0.15, 0.2) is 0 Å². The molecule has 1 aromatic heterocycles. The molecule has 0 aliphatic heterocycles. The van der Waals surface area contributed by atoms with Crippen molar-refractivity contribution in [3.63, 3.8) is 0 Å². The van der Waals surface area contributed by atoms with E-state index in [-0.39, 0.29) is 11.3 Å². The molecule has 1 aromatic rings. The minimum Gasteiger partial charge on any atom is -0.360 e. The van der Waals surface area contributed by atoms with E-state index in [0.717, 1.165) is 23.9 Å². The molecular weight excluding hydrogens is 248 g/mol. The van der Waals surface area contributed by atoms with E-state index in [4.69, 9.17) is 0 Å². The Labute approximate surface area is 113 Å². The molecule has 1 heterocycles. The van der Waals surface area contributed by atoms with E-state index in [1.807, 2.05) is 6.92 Å². The lowest BCUT2D eigenvalue weighted by Gasteiger charge is -2.12. The van der Waals surface area contributed by atoms with Gasteiger partial charge in [-0.1, -0.05) is 27.7 Å². The number of nitrogens with zero attached hydrogens (tertiary/aromatic N) is 2. The van der Waals surface area contributed by atoms with Crippen LogP contribution >= 0.6 is 11.5 Å². The lowest BCUT2D eigenvalue weighted by Crippen LogP contribution is -2.25. The summed E-state index contributed by atoms with van der Waals surface area (Å²) in [6.07, 6.45) is 1.43. The molecule has 0 spiro atoms. The van der Waals surface area contributed by atoms with Crippen molar-refractivity contribution in [1.29, 1.82) is 0 Å². The Kier molecular flexibility index (Phi) is 5.53. The van der Waals surface area contributed by atoms with Crippen LogP contribution in [0.5, 0.6) is 0 Å². The maximum absolute atomic E-state index is 11.4. The molecule has 102 valence electrons. The first-order valence-electron chi connectivity index (χ1n) is 6.28. The van der Waals surface area contributed by atoms with Crippen molar-refractivity contribution in [1.82, 2.24) is 14.7 Å². The second kappa shape index (κ2) is 6.68. The van der Waals surface area contributed by atoms with Crippen LogP contribution in [-0.2, 0) is 10.2 Å². The maximum Gasteiger partial charge on any atom is 0.221 e. The van der Waals surface area contributed by atoms with Crippen molar-refractivity contribution in [2.75, 3.05) is 18.4 Å². The highest BCUT2D eigenvalue weighted by Crippen LogP contribution is 2.22. The average Bonchev–Trinajstić information content (AvgIpc) is 2.74. The Hall–Kier alpha value is -1.17. The fourth-order valence-corrected chi connectivity index (χ4v) is 2.02. The highest BCUT2D eigenvalue weighted by molar-refractivity contribution is 7.09. The molecule has 0 saturated heterocycles. The Morgan fingerprint density at radius 2 is 2.06 bits per heavy atom. The first-order valence-corrected chi connectivity index (χ1v) is 7.05. The topological polar surface area (TPSA) is 66.9 Å². The molecule has 0 bridgehead atoms. The quantitative estimate of drug-likeness (QED) is 0.831. The van der Waals surface area contributed by atoms with E-state index in [1.165, 1.54) is 11.5 Å². The molecule has 1 rings (SSSR count). The van der Waals surface area contributed by atoms with Crippen molar-refractivity contribution in [3.8, 4) is 0 Å². The number of hydrogen-bond donors (Lipinski definition) is 2. The Morgan fingerprint density at radius 3 is 2.61 bits per heavy atom. The number of amides is 1. The van der Waals surface area contributed by atoms with Gasteiger partial charge in [0.1, 0.15) is 5.82 Å².